The highest BCUT2D eigenvalue weighted by Crippen LogP contribution is 2.13. The molecule has 0 bridgehead atoms. The zero-order valence-electron chi connectivity index (χ0n) is 7.87. The van der Waals surface area contributed by atoms with Gasteiger partial charge in [-0.25, -0.2) is 4.79 Å². The summed E-state index contributed by atoms with van der Waals surface area (Å²) in [6.07, 6.45) is 0. The first kappa shape index (κ1) is 9.03. The van der Waals surface area contributed by atoms with Crippen LogP contribution in [0.3, 0.4) is 0 Å². The summed E-state index contributed by atoms with van der Waals surface area (Å²) in [4.78, 5) is 11.1. The lowest BCUT2D eigenvalue weighted by Crippen LogP contribution is -2.19. The van der Waals surface area contributed by atoms with Crippen LogP contribution >= 0.6 is 0 Å². The molecule has 0 aromatic carbocycles. The normalized spacial score (nSPS) is 11.5. The second-order valence-electron chi connectivity index (χ2n) is 3.43. The fourth-order valence-corrected chi connectivity index (χ4v) is 1.13. The minimum atomic E-state index is -0.367. The van der Waals surface area contributed by atoms with Crippen molar-refractivity contribution >= 4 is 0 Å². The van der Waals surface area contributed by atoms with Gasteiger partial charge in [0.2, 0.25) is 0 Å². The van der Waals surface area contributed by atoms with E-state index < -0.39 is 0 Å². The lowest BCUT2D eigenvalue weighted by Gasteiger charge is -2.08. The molecule has 0 radical (unpaired) electrons. The largest absolute Gasteiger partial charge is 0.441 e. The third kappa shape index (κ3) is 1.42. The zero-order valence-corrected chi connectivity index (χ0v) is 7.87. The average Bonchev–Trinajstić information content (AvgIpc) is 2.30. The van der Waals surface area contributed by atoms with E-state index in [0.717, 1.165) is 5.82 Å². The molecule has 1 aromatic rings. The summed E-state index contributed by atoms with van der Waals surface area (Å²) >= 11 is 0. The van der Waals surface area contributed by atoms with Crippen molar-refractivity contribution < 1.29 is 4.52 Å². The van der Waals surface area contributed by atoms with Gasteiger partial charge < -0.3 is 0 Å². The summed E-state index contributed by atoms with van der Waals surface area (Å²) in [5.74, 6) is 0.572. The first-order chi connectivity index (χ1) is 5.54. The van der Waals surface area contributed by atoms with Gasteiger partial charge in [0.05, 0.1) is 0 Å². The van der Waals surface area contributed by atoms with Gasteiger partial charge in [-0.05, 0) is 13.8 Å². The van der Waals surface area contributed by atoms with Crippen LogP contribution in [0.25, 0.3) is 0 Å². The van der Waals surface area contributed by atoms with Crippen LogP contribution in [0.15, 0.2) is 9.32 Å². The van der Waals surface area contributed by atoms with E-state index in [1.54, 1.807) is 4.57 Å². The third-order valence-corrected chi connectivity index (χ3v) is 1.69. The monoisotopic (exact) mass is 170 g/mol. The minimum Gasteiger partial charge on any atom is -0.296 e. The maximum atomic E-state index is 11.1. The van der Waals surface area contributed by atoms with Gasteiger partial charge in [0.25, 0.3) is 0 Å². The van der Waals surface area contributed by atoms with Gasteiger partial charge in [0, 0.05) is 12.0 Å². The molecule has 68 valence electrons. The van der Waals surface area contributed by atoms with E-state index >= 15 is 0 Å². The fraction of sp³-hybridized carbons (Fsp3) is 0.750. The van der Waals surface area contributed by atoms with Crippen molar-refractivity contribution in [2.24, 2.45) is 0 Å². The number of hydrogen-bond acceptors (Lipinski definition) is 3. The second-order valence-corrected chi connectivity index (χ2v) is 3.43. The first-order valence-electron chi connectivity index (χ1n) is 4.12. The predicted octanol–water partition coefficient (Wildman–Crippen LogP) is 1.54. The molecule has 0 N–H and O–H groups in total. The molecule has 12 heavy (non-hydrogen) atoms. The van der Waals surface area contributed by atoms with Crippen molar-refractivity contribution in [3.63, 3.8) is 0 Å². The second kappa shape index (κ2) is 3.13. The Morgan fingerprint density at radius 2 is 1.92 bits per heavy atom. The van der Waals surface area contributed by atoms with Crippen LogP contribution in [-0.4, -0.2) is 9.72 Å². The standard InChI is InChI=1S/C8H14N2O2/c1-5(2)7-9-12-8(11)10(7)6(3)4/h5-6H,1-4H3. The van der Waals surface area contributed by atoms with Gasteiger partial charge in [0.1, 0.15) is 0 Å². The van der Waals surface area contributed by atoms with Crippen molar-refractivity contribution in [3.05, 3.63) is 16.4 Å². The summed E-state index contributed by atoms with van der Waals surface area (Å²) in [5, 5.41) is 3.71. The van der Waals surface area contributed by atoms with Gasteiger partial charge in [-0.2, -0.15) is 0 Å². The van der Waals surface area contributed by atoms with Crippen molar-refractivity contribution in [1.82, 2.24) is 9.72 Å². The van der Waals surface area contributed by atoms with E-state index in [1.165, 1.54) is 0 Å². The molecule has 0 aliphatic rings. The molecule has 1 rings (SSSR count). The molecule has 0 fully saturated rings. The van der Waals surface area contributed by atoms with Crippen LogP contribution in [0.2, 0.25) is 0 Å². The quantitative estimate of drug-likeness (QED) is 0.676. The van der Waals surface area contributed by atoms with Gasteiger partial charge >= 0.3 is 5.76 Å². The summed E-state index contributed by atoms with van der Waals surface area (Å²) < 4.78 is 6.15. The van der Waals surface area contributed by atoms with Gasteiger partial charge in [-0.3, -0.25) is 9.09 Å². The van der Waals surface area contributed by atoms with Crippen LogP contribution in [0.4, 0.5) is 0 Å². The van der Waals surface area contributed by atoms with E-state index in [-0.39, 0.29) is 17.7 Å². The van der Waals surface area contributed by atoms with Crippen molar-refractivity contribution in [3.8, 4) is 0 Å². The third-order valence-electron chi connectivity index (χ3n) is 1.69. The maximum absolute atomic E-state index is 11.1. The number of rotatable bonds is 2. The number of nitrogens with zero attached hydrogens (tertiary/aromatic N) is 2. The minimum absolute atomic E-state index is 0.112. The lowest BCUT2D eigenvalue weighted by atomic mass is 10.2. The lowest BCUT2D eigenvalue weighted by molar-refractivity contribution is 0.368. The summed E-state index contributed by atoms with van der Waals surface area (Å²) in [6, 6.07) is 0.112. The van der Waals surface area contributed by atoms with Gasteiger partial charge in [0.15, 0.2) is 5.82 Å². The van der Waals surface area contributed by atoms with Crippen LogP contribution in [-0.2, 0) is 0 Å². The predicted molar refractivity (Wildman–Crippen MR) is 45.2 cm³/mol. The highest BCUT2D eigenvalue weighted by Gasteiger charge is 2.15. The van der Waals surface area contributed by atoms with Crippen LogP contribution in [0.1, 0.15) is 45.5 Å². The highest BCUT2D eigenvalue weighted by molar-refractivity contribution is 4.92. The van der Waals surface area contributed by atoms with E-state index in [2.05, 4.69) is 9.68 Å². The van der Waals surface area contributed by atoms with Crippen molar-refractivity contribution in [2.75, 3.05) is 0 Å². The molecule has 0 amide bonds. The number of hydrogen-bond donors (Lipinski definition) is 0. The first-order valence-corrected chi connectivity index (χ1v) is 4.12. The molecule has 1 heterocycles. The van der Waals surface area contributed by atoms with E-state index in [4.69, 9.17) is 0 Å². The van der Waals surface area contributed by atoms with Crippen molar-refractivity contribution in [2.45, 2.75) is 39.7 Å². The molecule has 0 saturated heterocycles. The van der Waals surface area contributed by atoms with Crippen LogP contribution in [0, 0.1) is 0 Å². The summed E-state index contributed by atoms with van der Waals surface area (Å²) in [5.41, 5.74) is 0. The maximum Gasteiger partial charge on any atom is 0.441 e. The smallest absolute Gasteiger partial charge is 0.296 e. The Morgan fingerprint density at radius 3 is 2.25 bits per heavy atom. The number of aromatic nitrogens is 2. The Balaban J connectivity index is 3.22. The van der Waals surface area contributed by atoms with Gasteiger partial charge in [-0.1, -0.05) is 19.0 Å². The Bertz CT molecular complexity index is 309. The fourth-order valence-electron chi connectivity index (χ4n) is 1.13. The molecule has 1 aromatic heterocycles. The molecular formula is C8H14N2O2. The van der Waals surface area contributed by atoms with Crippen LogP contribution in [0.5, 0.6) is 0 Å². The SMILES string of the molecule is CC(C)c1noc(=O)n1C(C)C. The molecule has 0 atom stereocenters. The van der Waals surface area contributed by atoms with Crippen molar-refractivity contribution in [1.29, 1.82) is 0 Å². The van der Waals surface area contributed by atoms with Gasteiger partial charge in [-0.15, -0.1) is 0 Å². The Kier molecular flexibility index (Phi) is 2.35. The summed E-state index contributed by atoms with van der Waals surface area (Å²) in [6.45, 7) is 7.83. The van der Waals surface area contributed by atoms with E-state index in [0.29, 0.717) is 0 Å². The highest BCUT2D eigenvalue weighted by atomic mass is 16.5. The molecule has 4 nitrogen and oxygen atoms in total. The van der Waals surface area contributed by atoms with Crippen LogP contribution < -0.4 is 5.76 Å². The summed E-state index contributed by atoms with van der Waals surface area (Å²) in [7, 11) is 0. The molecular weight excluding hydrogens is 156 g/mol. The molecule has 0 saturated carbocycles. The molecule has 0 unspecified atom stereocenters. The Labute approximate surface area is 71.2 Å². The van der Waals surface area contributed by atoms with E-state index in [1.807, 2.05) is 27.7 Å². The Hall–Kier alpha value is -1.06. The topological polar surface area (TPSA) is 48.0 Å². The molecule has 0 aliphatic carbocycles. The molecule has 0 spiro atoms. The average molecular weight is 170 g/mol. The Morgan fingerprint density at radius 1 is 1.33 bits per heavy atom. The molecule has 0 aliphatic heterocycles. The zero-order chi connectivity index (χ0) is 9.30. The molecule has 4 heteroatoms. The van der Waals surface area contributed by atoms with E-state index in [9.17, 15) is 4.79 Å².